The third-order valence-corrected chi connectivity index (χ3v) is 2.69. The number of rotatable bonds is 3. The van der Waals surface area contributed by atoms with Gasteiger partial charge in [0.05, 0.1) is 6.07 Å². The van der Waals surface area contributed by atoms with E-state index in [4.69, 9.17) is 0 Å². The fraction of sp³-hybridized carbons (Fsp3) is 0.200. The summed E-state index contributed by atoms with van der Waals surface area (Å²) in [5.41, 5.74) is 2.11. The van der Waals surface area contributed by atoms with Gasteiger partial charge in [-0.25, -0.2) is 9.97 Å². The molecule has 1 heterocycles. The molecule has 5 nitrogen and oxygen atoms in total. The van der Waals surface area contributed by atoms with Crippen molar-refractivity contribution in [3.63, 3.8) is 0 Å². The third-order valence-electron chi connectivity index (χ3n) is 2.69. The van der Waals surface area contributed by atoms with Crippen molar-refractivity contribution in [2.45, 2.75) is 19.8 Å². The van der Waals surface area contributed by atoms with E-state index >= 15 is 0 Å². The summed E-state index contributed by atoms with van der Waals surface area (Å²) < 4.78 is 0. The van der Waals surface area contributed by atoms with Gasteiger partial charge in [0.2, 0.25) is 5.91 Å². The number of nitriles is 1. The minimum atomic E-state index is -1.02. The lowest BCUT2D eigenvalue weighted by Crippen LogP contribution is -2.22. The summed E-state index contributed by atoms with van der Waals surface area (Å²) in [4.78, 5) is 20.5. The molecule has 0 saturated carbocycles. The van der Waals surface area contributed by atoms with Crippen LogP contribution < -0.4 is 5.32 Å². The van der Waals surface area contributed by atoms with Crippen LogP contribution in [0, 0.1) is 25.2 Å². The van der Waals surface area contributed by atoms with Crippen molar-refractivity contribution >= 4 is 11.6 Å². The molecule has 1 aromatic heterocycles. The van der Waals surface area contributed by atoms with Crippen molar-refractivity contribution in [2.75, 3.05) is 5.32 Å². The number of carbonyl (C=O) groups is 1. The molecular weight excluding hydrogens is 252 g/mol. The second-order valence-corrected chi connectivity index (χ2v) is 4.43. The highest BCUT2D eigenvalue weighted by Gasteiger charge is 2.23. The van der Waals surface area contributed by atoms with Gasteiger partial charge in [-0.15, -0.1) is 0 Å². The molecule has 0 aliphatic heterocycles. The first-order valence-electron chi connectivity index (χ1n) is 6.18. The lowest BCUT2D eigenvalue weighted by molar-refractivity contribution is -0.116. The molecule has 1 aromatic carbocycles. The van der Waals surface area contributed by atoms with Crippen molar-refractivity contribution in [3.8, 4) is 6.07 Å². The van der Waals surface area contributed by atoms with Crippen molar-refractivity contribution in [3.05, 3.63) is 53.6 Å². The van der Waals surface area contributed by atoms with Gasteiger partial charge in [0.1, 0.15) is 0 Å². The number of nitrogens with one attached hydrogen (secondary N) is 1. The Balaban J connectivity index is 2.24. The fourth-order valence-electron chi connectivity index (χ4n) is 1.85. The van der Waals surface area contributed by atoms with Crippen LogP contribution in [0.15, 0.2) is 36.4 Å². The van der Waals surface area contributed by atoms with Crippen LogP contribution in [0.3, 0.4) is 0 Å². The van der Waals surface area contributed by atoms with Crippen molar-refractivity contribution in [1.29, 1.82) is 5.26 Å². The smallest absolute Gasteiger partial charge is 0.249 e. The SMILES string of the molecule is Cc1cc(C)nc([C@@H](C#N)C(=O)Nc2ccccc2)n1. The molecule has 1 amide bonds. The molecule has 0 fully saturated rings. The molecule has 0 radical (unpaired) electrons. The van der Waals surface area contributed by atoms with E-state index in [-0.39, 0.29) is 5.82 Å². The number of aromatic nitrogens is 2. The maximum atomic E-state index is 12.2. The Hall–Kier alpha value is -2.74. The number of aryl methyl sites for hydroxylation is 2. The topological polar surface area (TPSA) is 78.7 Å². The summed E-state index contributed by atoms with van der Waals surface area (Å²) in [6.45, 7) is 3.61. The van der Waals surface area contributed by atoms with Crippen LogP contribution in [0.4, 0.5) is 5.69 Å². The highest BCUT2D eigenvalue weighted by atomic mass is 16.1. The van der Waals surface area contributed by atoms with E-state index in [9.17, 15) is 10.1 Å². The van der Waals surface area contributed by atoms with Gasteiger partial charge in [0.15, 0.2) is 11.7 Å². The summed E-state index contributed by atoms with van der Waals surface area (Å²) in [5, 5.41) is 11.9. The Labute approximate surface area is 117 Å². The minimum Gasteiger partial charge on any atom is -0.325 e. The first-order valence-corrected chi connectivity index (χ1v) is 6.18. The number of para-hydroxylation sites is 1. The average Bonchev–Trinajstić information content (AvgIpc) is 2.39. The van der Waals surface area contributed by atoms with E-state index in [2.05, 4.69) is 15.3 Å². The molecule has 5 heteroatoms. The zero-order valence-electron chi connectivity index (χ0n) is 11.3. The quantitative estimate of drug-likeness (QED) is 0.924. The molecule has 0 bridgehead atoms. The zero-order valence-corrected chi connectivity index (χ0v) is 11.3. The number of anilines is 1. The molecule has 0 spiro atoms. The summed E-state index contributed by atoms with van der Waals surface area (Å²) in [6.07, 6.45) is 0. The van der Waals surface area contributed by atoms with Gasteiger partial charge >= 0.3 is 0 Å². The number of nitrogens with zero attached hydrogens (tertiary/aromatic N) is 3. The van der Waals surface area contributed by atoms with Crippen LogP contribution in [-0.2, 0) is 4.79 Å². The van der Waals surface area contributed by atoms with Gasteiger partial charge in [-0.05, 0) is 32.0 Å². The van der Waals surface area contributed by atoms with E-state index in [1.54, 1.807) is 18.2 Å². The summed E-state index contributed by atoms with van der Waals surface area (Å²) >= 11 is 0. The first-order chi connectivity index (χ1) is 9.60. The molecule has 0 aliphatic rings. The molecule has 0 saturated heterocycles. The second-order valence-electron chi connectivity index (χ2n) is 4.43. The van der Waals surface area contributed by atoms with Crippen molar-refractivity contribution in [2.24, 2.45) is 0 Å². The number of benzene rings is 1. The first kappa shape index (κ1) is 13.7. The maximum absolute atomic E-state index is 12.2. The predicted molar refractivity (Wildman–Crippen MR) is 74.9 cm³/mol. The van der Waals surface area contributed by atoms with E-state index in [0.717, 1.165) is 11.4 Å². The Morgan fingerprint density at radius 2 is 1.80 bits per heavy atom. The predicted octanol–water partition coefficient (Wildman–Crippen LogP) is 2.34. The highest BCUT2D eigenvalue weighted by Crippen LogP contribution is 2.15. The Morgan fingerprint density at radius 3 is 2.35 bits per heavy atom. The molecule has 1 atom stereocenters. The molecular formula is C15H14N4O. The number of carbonyl (C=O) groups excluding carboxylic acids is 1. The standard InChI is InChI=1S/C15H14N4O/c1-10-8-11(2)18-14(17-10)13(9-16)15(20)19-12-6-4-3-5-7-12/h3-8,13H,1-2H3,(H,19,20)/t13-/m1/s1. The van der Waals surface area contributed by atoms with Crippen LogP contribution >= 0.6 is 0 Å². The number of hydrogen-bond acceptors (Lipinski definition) is 4. The average molecular weight is 266 g/mol. The Morgan fingerprint density at radius 1 is 1.20 bits per heavy atom. The van der Waals surface area contributed by atoms with Crippen molar-refractivity contribution in [1.82, 2.24) is 9.97 Å². The number of amides is 1. The Kier molecular flexibility index (Phi) is 4.06. The lowest BCUT2D eigenvalue weighted by atomic mass is 10.1. The van der Waals surface area contributed by atoms with E-state index in [0.29, 0.717) is 5.69 Å². The second kappa shape index (κ2) is 5.93. The largest absolute Gasteiger partial charge is 0.325 e. The maximum Gasteiger partial charge on any atom is 0.249 e. The molecule has 100 valence electrons. The van der Waals surface area contributed by atoms with E-state index in [1.807, 2.05) is 38.1 Å². The van der Waals surface area contributed by atoms with Crippen LogP contribution in [-0.4, -0.2) is 15.9 Å². The van der Waals surface area contributed by atoms with Gasteiger partial charge in [0, 0.05) is 17.1 Å². The molecule has 0 unspecified atom stereocenters. The van der Waals surface area contributed by atoms with Crippen molar-refractivity contribution < 1.29 is 4.79 Å². The highest BCUT2D eigenvalue weighted by molar-refractivity contribution is 5.97. The zero-order chi connectivity index (χ0) is 14.5. The Bertz CT molecular complexity index is 641. The summed E-state index contributed by atoms with van der Waals surface area (Å²) in [6, 6.07) is 12.7. The van der Waals surface area contributed by atoms with Crippen LogP contribution in [0.5, 0.6) is 0 Å². The van der Waals surface area contributed by atoms with Gasteiger partial charge in [-0.2, -0.15) is 5.26 Å². The van der Waals surface area contributed by atoms with Crippen LogP contribution in [0.1, 0.15) is 23.1 Å². The van der Waals surface area contributed by atoms with Gasteiger partial charge in [-0.1, -0.05) is 18.2 Å². The molecule has 2 rings (SSSR count). The number of hydrogen-bond donors (Lipinski definition) is 1. The molecule has 2 aromatic rings. The van der Waals surface area contributed by atoms with E-state index < -0.39 is 11.8 Å². The summed E-state index contributed by atoms with van der Waals surface area (Å²) in [7, 11) is 0. The van der Waals surface area contributed by atoms with Gasteiger partial charge < -0.3 is 5.32 Å². The normalized spacial score (nSPS) is 11.4. The molecule has 20 heavy (non-hydrogen) atoms. The molecule has 1 N–H and O–H groups in total. The van der Waals surface area contributed by atoms with Gasteiger partial charge in [-0.3, -0.25) is 4.79 Å². The van der Waals surface area contributed by atoms with Crippen LogP contribution in [0.2, 0.25) is 0 Å². The van der Waals surface area contributed by atoms with Gasteiger partial charge in [0.25, 0.3) is 0 Å². The minimum absolute atomic E-state index is 0.235. The third kappa shape index (κ3) is 3.18. The van der Waals surface area contributed by atoms with E-state index in [1.165, 1.54) is 0 Å². The lowest BCUT2D eigenvalue weighted by Gasteiger charge is -2.10. The summed E-state index contributed by atoms with van der Waals surface area (Å²) in [5.74, 6) is -1.21. The monoisotopic (exact) mass is 266 g/mol. The molecule has 0 aliphatic carbocycles. The van der Waals surface area contributed by atoms with Crippen LogP contribution in [0.25, 0.3) is 0 Å². The fourth-order valence-corrected chi connectivity index (χ4v) is 1.85.